The van der Waals surface area contributed by atoms with E-state index in [9.17, 15) is 4.79 Å². The summed E-state index contributed by atoms with van der Waals surface area (Å²) in [7, 11) is 0. The Labute approximate surface area is 96.9 Å². The van der Waals surface area contributed by atoms with Crippen LogP contribution in [0, 0.1) is 16.7 Å². The highest BCUT2D eigenvalue weighted by Crippen LogP contribution is 2.16. The van der Waals surface area contributed by atoms with E-state index < -0.39 is 0 Å². The molecule has 1 atom stereocenters. The molecule has 0 aromatic heterocycles. The van der Waals surface area contributed by atoms with E-state index >= 15 is 0 Å². The number of hydrogen-bond acceptors (Lipinski definition) is 2. The Morgan fingerprint density at radius 1 is 1.56 bits per heavy atom. The second-order valence-corrected chi connectivity index (χ2v) is 5.45. The van der Waals surface area contributed by atoms with Crippen LogP contribution in [0.1, 0.15) is 27.2 Å². The zero-order valence-electron chi connectivity index (χ0n) is 10.3. The molecule has 0 radical (unpaired) electrons. The monoisotopic (exact) mass is 226 g/mol. The largest absolute Gasteiger partial charge is 0.370 e. The van der Waals surface area contributed by atoms with Gasteiger partial charge in [-0.05, 0) is 12.3 Å². The molecule has 0 spiro atoms. The summed E-state index contributed by atoms with van der Waals surface area (Å²) in [5, 5.41) is 10.3. The third-order valence-electron chi connectivity index (χ3n) is 2.86. The summed E-state index contributed by atoms with van der Waals surface area (Å²) in [6.45, 7) is 7.99. The predicted octanol–water partition coefficient (Wildman–Crippen LogP) is 0.364. The second-order valence-electron chi connectivity index (χ2n) is 5.45. The van der Waals surface area contributed by atoms with Crippen LogP contribution in [-0.4, -0.2) is 36.4 Å². The van der Waals surface area contributed by atoms with E-state index in [0.717, 1.165) is 19.5 Å². The SMILES string of the molecule is CC(C)(C)C(=O)NCC1CCN(C(=N)N)C1. The van der Waals surface area contributed by atoms with Gasteiger partial charge in [-0.3, -0.25) is 10.2 Å². The maximum absolute atomic E-state index is 11.6. The molecule has 5 nitrogen and oxygen atoms in total. The normalized spacial score (nSPS) is 20.9. The van der Waals surface area contributed by atoms with Gasteiger partial charge < -0.3 is 16.0 Å². The first kappa shape index (κ1) is 12.8. The maximum Gasteiger partial charge on any atom is 0.225 e. The van der Waals surface area contributed by atoms with Gasteiger partial charge in [0.05, 0.1) is 0 Å². The number of nitrogens with one attached hydrogen (secondary N) is 2. The molecule has 4 N–H and O–H groups in total. The van der Waals surface area contributed by atoms with Gasteiger partial charge in [0.25, 0.3) is 0 Å². The minimum absolute atomic E-state index is 0.0776. The molecule has 1 saturated heterocycles. The lowest BCUT2D eigenvalue weighted by Gasteiger charge is -2.20. The van der Waals surface area contributed by atoms with Gasteiger partial charge in [0, 0.05) is 25.0 Å². The van der Waals surface area contributed by atoms with Gasteiger partial charge in [-0.25, -0.2) is 0 Å². The Balaban J connectivity index is 2.31. The predicted molar refractivity (Wildman–Crippen MR) is 64.1 cm³/mol. The van der Waals surface area contributed by atoms with Gasteiger partial charge in [-0.1, -0.05) is 20.8 Å². The van der Waals surface area contributed by atoms with Crippen molar-refractivity contribution in [2.45, 2.75) is 27.2 Å². The third kappa shape index (κ3) is 3.40. The topological polar surface area (TPSA) is 82.2 Å². The lowest BCUT2D eigenvalue weighted by molar-refractivity contribution is -0.128. The minimum atomic E-state index is -0.334. The molecule has 0 aliphatic carbocycles. The van der Waals surface area contributed by atoms with E-state index in [2.05, 4.69) is 5.32 Å². The Hall–Kier alpha value is -1.26. The number of amides is 1. The fourth-order valence-electron chi connectivity index (χ4n) is 1.72. The zero-order chi connectivity index (χ0) is 12.3. The molecular formula is C11H22N4O. The smallest absolute Gasteiger partial charge is 0.225 e. The van der Waals surface area contributed by atoms with Gasteiger partial charge >= 0.3 is 0 Å². The average Bonchev–Trinajstić information content (AvgIpc) is 2.60. The molecule has 1 rings (SSSR count). The summed E-state index contributed by atoms with van der Waals surface area (Å²) < 4.78 is 0. The van der Waals surface area contributed by atoms with Crippen LogP contribution in [0.4, 0.5) is 0 Å². The summed E-state index contributed by atoms with van der Waals surface area (Å²) in [4.78, 5) is 13.5. The average molecular weight is 226 g/mol. The Morgan fingerprint density at radius 3 is 2.62 bits per heavy atom. The van der Waals surface area contributed by atoms with Crippen LogP contribution in [0.5, 0.6) is 0 Å². The summed E-state index contributed by atoms with van der Waals surface area (Å²) in [6, 6.07) is 0. The Morgan fingerprint density at radius 2 is 2.19 bits per heavy atom. The molecule has 1 amide bonds. The van der Waals surface area contributed by atoms with Gasteiger partial charge in [-0.15, -0.1) is 0 Å². The van der Waals surface area contributed by atoms with Crippen molar-refractivity contribution in [3.05, 3.63) is 0 Å². The van der Waals surface area contributed by atoms with Gasteiger partial charge in [0.1, 0.15) is 0 Å². The van der Waals surface area contributed by atoms with Crippen molar-refractivity contribution < 1.29 is 4.79 Å². The molecule has 92 valence electrons. The van der Waals surface area contributed by atoms with Crippen LogP contribution in [0.3, 0.4) is 0 Å². The zero-order valence-corrected chi connectivity index (χ0v) is 10.3. The number of rotatable bonds is 2. The maximum atomic E-state index is 11.6. The fraction of sp³-hybridized carbons (Fsp3) is 0.818. The summed E-state index contributed by atoms with van der Waals surface area (Å²) in [5.41, 5.74) is 5.07. The van der Waals surface area contributed by atoms with Crippen molar-refractivity contribution in [2.75, 3.05) is 19.6 Å². The number of nitrogens with zero attached hydrogens (tertiary/aromatic N) is 1. The number of likely N-dealkylation sites (tertiary alicyclic amines) is 1. The summed E-state index contributed by atoms with van der Waals surface area (Å²) in [5.74, 6) is 0.619. The number of hydrogen-bond donors (Lipinski definition) is 3. The summed E-state index contributed by atoms with van der Waals surface area (Å²) >= 11 is 0. The molecule has 1 aliphatic heterocycles. The molecule has 1 aliphatic rings. The van der Waals surface area contributed by atoms with Crippen LogP contribution in [0.15, 0.2) is 0 Å². The van der Waals surface area contributed by atoms with Crippen LogP contribution in [0.2, 0.25) is 0 Å². The molecular weight excluding hydrogens is 204 g/mol. The van der Waals surface area contributed by atoms with Crippen molar-refractivity contribution in [2.24, 2.45) is 17.1 Å². The quantitative estimate of drug-likeness (QED) is 0.470. The minimum Gasteiger partial charge on any atom is -0.370 e. The van der Waals surface area contributed by atoms with E-state index in [4.69, 9.17) is 11.1 Å². The lowest BCUT2D eigenvalue weighted by atomic mass is 9.95. The first-order chi connectivity index (χ1) is 7.30. The van der Waals surface area contributed by atoms with Gasteiger partial charge in [0.15, 0.2) is 5.96 Å². The first-order valence-electron chi connectivity index (χ1n) is 5.68. The van der Waals surface area contributed by atoms with Crippen molar-refractivity contribution >= 4 is 11.9 Å². The Bertz CT molecular complexity index is 282. The molecule has 0 aromatic rings. The molecule has 5 heteroatoms. The molecule has 0 aromatic carbocycles. The highest BCUT2D eigenvalue weighted by Gasteiger charge is 2.26. The van der Waals surface area contributed by atoms with E-state index in [1.807, 2.05) is 25.7 Å². The second kappa shape index (κ2) is 4.72. The van der Waals surface area contributed by atoms with E-state index in [-0.39, 0.29) is 17.3 Å². The number of nitrogens with two attached hydrogens (primary N) is 1. The molecule has 1 unspecified atom stereocenters. The number of guanidine groups is 1. The third-order valence-corrected chi connectivity index (χ3v) is 2.86. The first-order valence-corrected chi connectivity index (χ1v) is 5.68. The lowest BCUT2D eigenvalue weighted by Crippen LogP contribution is -2.39. The highest BCUT2D eigenvalue weighted by atomic mass is 16.2. The van der Waals surface area contributed by atoms with Crippen LogP contribution >= 0.6 is 0 Å². The van der Waals surface area contributed by atoms with Crippen molar-refractivity contribution in [3.63, 3.8) is 0 Å². The number of carbonyl (C=O) groups is 1. The van der Waals surface area contributed by atoms with Gasteiger partial charge in [0.2, 0.25) is 5.91 Å². The van der Waals surface area contributed by atoms with E-state index in [0.29, 0.717) is 12.5 Å². The van der Waals surface area contributed by atoms with Gasteiger partial charge in [-0.2, -0.15) is 0 Å². The number of carbonyl (C=O) groups excluding carboxylic acids is 1. The van der Waals surface area contributed by atoms with Crippen LogP contribution in [0.25, 0.3) is 0 Å². The van der Waals surface area contributed by atoms with Crippen molar-refractivity contribution in [1.29, 1.82) is 5.41 Å². The molecule has 0 bridgehead atoms. The van der Waals surface area contributed by atoms with E-state index in [1.165, 1.54) is 0 Å². The van der Waals surface area contributed by atoms with E-state index in [1.54, 1.807) is 0 Å². The molecule has 1 heterocycles. The standard InChI is InChI=1S/C11H22N4O/c1-11(2,3)9(16)14-6-8-4-5-15(7-8)10(12)13/h8H,4-7H2,1-3H3,(H3,12,13)(H,14,16). The molecule has 16 heavy (non-hydrogen) atoms. The fourth-order valence-corrected chi connectivity index (χ4v) is 1.72. The highest BCUT2D eigenvalue weighted by molar-refractivity contribution is 5.81. The van der Waals surface area contributed by atoms with Crippen LogP contribution in [-0.2, 0) is 4.79 Å². The van der Waals surface area contributed by atoms with Crippen molar-refractivity contribution in [3.8, 4) is 0 Å². The molecule has 0 saturated carbocycles. The van der Waals surface area contributed by atoms with Crippen molar-refractivity contribution in [1.82, 2.24) is 10.2 Å². The summed E-state index contributed by atoms with van der Waals surface area (Å²) in [6.07, 6.45) is 0.990. The Kier molecular flexibility index (Phi) is 3.78. The van der Waals surface area contributed by atoms with Crippen LogP contribution < -0.4 is 11.1 Å². The molecule has 1 fully saturated rings.